The molecule has 2 N–H and O–H groups in total. The van der Waals surface area contributed by atoms with E-state index in [4.69, 9.17) is 20.8 Å². The molecule has 1 aromatic carbocycles. The van der Waals surface area contributed by atoms with Crippen molar-refractivity contribution >= 4 is 35.6 Å². The van der Waals surface area contributed by atoms with Gasteiger partial charge in [0.2, 0.25) is 0 Å². The normalized spacial score (nSPS) is 15.3. The topological polar surface area (TPSA) is 97.6 Å². The van der Waals surface area contributed by atoms with Gasteiger partial charge < -0.3 is 14.5 Å². The molecule has 0 spiro atoms. The van der Waals surface area contributed by atoms with Gasteiger partial charge in [-0.15, -0.1) is 0 Å². The molecule has 2 heterocycles. The molecular formula is C18H15ClN2O5. The van der Waals surface area contributed by atoms with E-state index in [9.17, 15) is 14.4 Å². The lowest BCUT2D eigenvalue weighted by Crippen LogP contribution is -2.22. The molecule has 134 valence electrons. The standard InChI is InChI=1S/C18H15ClN2O5/c1-9(2)25-17(23)12-7-10(3-5-13(12)19)15-6-4-11(26-15)8-14-16(22)21-18(24)20-14/h3-9H,1-2H3,(H2,20,21,22,24)/b14-8+. The Labute approximate surface area is 154 Å². The summed E-state index contributed by atoms with van der Waals surface area (Å²) in [5.41, 5.74) is 0.944. The zero-order chi connectivity index (χ0) is 18.8. The molecule has 3 rings (SSSR count). The number of carbonyl (C=O) groups excluding carboxylic acids is 3. The second-order valence-electron chi connectivity index (χ2n) is 5.82. The number of halogens is 1. The third-order valence-corrected chi connectivity index (χ3v) is 3.78. The lowest BCUT2D eigenvalue weighted by Gasteiger charge is -2.10. The van der Waals surface area contributed by atoms with Gasteiger partial charge >= 0.3 is 12.0 Å². The van der Waals surface area contributed by atoms with Crippen molar-refractivity contribution in [2.45, 2.75) is 20.0 Å². The SMILES string of the molecule is CC(C)OC(=O)c1cc(-c2ccc(/C=C3/NC(=O)NC3=O)o2)ccc1Cl. The largest absolute Gasteiger partial charge is 0.459 e. The third-order valence-electron chi connectivity index (χ3n) is 3.45. The maximum atomic E-state index is 12.1. The zero-order valence-electron chi connectivity index (χ0n) is 14.0. The van der Waals surface area contributed by atoms with Crippen LogP contribution in [0.3, 0.4) is 0 Å². The Hall–Kier alpha value is -3.06. The van der Waals surface area contributed by atoms with Gasteiger partial charge in [-0.3, -0.25) is 10.1 Å². The van der Waals surface area contributed by atoms with E-state index in [0.29, 0.717) is 17.1 Å². The van der Waals surface area contributed by atoms with Crippen LogP contribution in [0.2, 0.25) is 5.02 Å². The first-order valence-electron chi connectivity index (χ1n) is 7.78. The predicted molar refractivity (Wildman–Crippen MR) is 94.4 cm³/mol. The summed E-state index contributed by atoms with van der Waals surface area (Å²) in [7, 11) is 0. The van der Waals surface area contributed by atoms with Crippen LogP contribution in [-0.2, 0) is 9.53 Å². The number of urea groups is 1. The zero-order valence-corrected chi connectivity index (χ0v) is 14.7. The Balaban J connectivity index is 1.88. The first-order valence-corrected chi connectivity index (χ1v) is 8.16. The van der Waals surface area contributed by atoms with Gasteiger partial charge in [0.1, 0.15) is 17.2 Å². The molecule has 1 aliphatic rings. The molecular weight excluding hydrogens is 360 g/mol. The Bertz CT molecular complexity index is 929. The monoisotopic (exact) mass is 374 g/mol. The maximum absolute atomic E-state index is 12.1. The van der Waals surface area contributed by atoms with Crippen molar-refractivity contribution in [3.63, 3.8) is 0 Å². The van der Waals surface area contributed by atoms with Gasteiger partial charge in [-0.2, -0.15) is 0 Å². The van der Waals surface area contributed by atoms with E-state index in [1.807, 2.05) is 0 Å². The van der Waals surface area contributed by atoms with E-state index >= 15 is 0 Å². The molecule has 3 amide bonds. The van der Waals surface area contributed by atoms with Crippen LogP contribution in [0.15, 0.2) is 40.4 Å². The van der Waals surface area contributed by atoms with E-state index in [-0.39, 0.29) is 22.4 Å². The number of hydrogen-bond acceptors (Lipinski definition) is 5. The number of furan rings is 1. The molecule has 1 aliphatic heterocycles. The molecule has 1 saturated heterocycles. The van der Waals surface area contributed by atoms with Crippen LogP contribution in [0.4, 0.5) is 4.79 Å². The fourth-order valence-corrected chi connectivity index (χ4v) is 2.52. The summed E-state index contributed by atoms with van der Waals surface area (Å²) >= 11 is 6.08. The number of hydrogen-bond donors (Lipinski definition) is 2. The highest BCUT2D eigenvalue weighted by Crippen LogP contribution is 2.28. The van der Waals surface area contributed by atoms with Crippen LogP contribution in [0, 0.1) is 0 Å². The second kappa shape index (κ2) is 7.05. The quantitative estimate of drug-likeness (QED) is 0.486. The van der Waals surface area contributed by atoms with Crippen molar-refractivity contribution in [2.24, 2.45) is 0 Å². The van der Waals surface area contributed by atoms with Crippen molar-refractivity contribution in [3.8, 4) is 11.3 Å². The summed E-state index contributed by atoms with van der Waals surface area (Å²) in [6.07, 6.45) is 1.14. The average molecular weight is 375 g/mol. The first kappa shape index (κ1) is 17.8. The summed E-state index contributed by atoms with van der Waals surface area (Å²) < 4.78 is 10.8. The number of imide groups is 1. The lowest BCUT2D eigenvalue weighted by molar-refractivity contribution is -0.115. The van der Waals surface area contributed by atoms with Crippen LogP contribution in [0.25, 0.3) is 17.4 Å². The van der Waals surface area contributed by atoms with Gasteiger partial charge in [-0.1, -0.05) is 11.6 Å². The molecule has 8 heteroatoms. The second-order valence-corrected chi connectivity index (χ2v) is 6.22. The fraction of sp³-hybridized carbons (Fsp3) is 0.167. The molecule has 0 bridgehead atoms. The Morgan fingerprint density at radius 1 is 1.19 bits per heavy atom. The van der Waals surface area contributed by atoms with Crippen LogP contribution in [0.1, 0.15) is 30.0 Å². The van der Waals surface area contributed by atoms with Crippen LogP contribution >= 0.6 is 11.6 Å². The molecule has 2 aromatic rings. The minimum Gasteiger partial charge on any atom is -0.459 e. The Kier molecular flexibility index (Phi) is 4.81. The van der Waals surface area contributed by atoms with E-state index in [0.717, 1.165) is 0 Å². The highest BCUT2D eigenvalue weighted by atomic mass is 35.5. The molecule has 0 atom stereocenters. The first-order chi connectivity index (χ1) is 12.3. The Morgan fingerprint density at radius 2 is 1.96 bits per heavy atom. The van der Waals surface area contributed by atoms with Crippen LogP contribution in [-0.4, -0.2) is 24.0 Å². The van der Waals surface area contributed by atoms with E-state index in [2.05, 4.69) is 10.6 Å². The van der Waals surface area contributed by atoms with E-state index < -0.39 is 17.9 Å². The van der Waals surface area contributed by atoms with Gasteiger partial charge in [0, 0.05) is 11.6 Å². The average Bonchev–Trinajstić information content (AvgIpc) is 3.14. The van der Waals surface area contributed by atoms with Crippen molar-refractivity contribution in [2.75, 3.05) is 0 Å². The number of amides is 3. The predicted octanol–water partition coefficient (Wildman–Crippen LogP) is 3.35. The van der Waals surface area contributed by atoms with Crippen LogP contribution in [0.5, 0.6) is 0 Å². The van der Waals surface area contributed by atoms with Crippen LogP contribution < -0.4 is 10.6 Å². The van der Waals surface area contributed by atoms with Gasteiger partial charge in [-0.05, 0) is 44.2 Å². The van der Waals surface area contributed by atoms with Crippen molar-refractivity contribution < 1.29 is 23.5 Å². The van der Waals surface area contributed by atoms with Crippen molar-refractivity contribution in [1.29, 1.82) is 0 Å². The summed E-state index contributed by atoms with van der Waals surface area (Å²) in [5, 5.41) is 4.75. The molecule has 26 heavy (non-hydrogen) atoms. The minimum atomic E-state index is -0.584. The van der Waals surface area contributed by atoms with Gasteiger partial charge in [-0.25, -0.2) is 9.59 Å². The number of esters is 1. The molecule has 0 unspecified atom stereocenters. The number of ether oxygens (including phenoxy) is 1. The van der Waals surface area contributed by atoms with Gasteiger partial charge in [0.15, 0.2) is 0 Å². The summed E-state index contributed by atoms with van der Waals surface area (Å²) in [4.78, 5) is 34.8. The lowest BCUT2D eigenvalue weighted by atomic mass is 10.1. The van der Waals surface area contributed by atoms with Crippen molar-refractivity contribution in [1.82, 2.24) is 10.6 Å². The molecule has 7 nitrogen and oxygen atoms in total. The smallest absolute Gasteiger partial charge is 0.339 e. The van der Waals surface area contributed by atoms with Crippen molar-refractivity contribution in [3.05, 3.63) is 52.4 Å². The minimum absolute atomic E-state index is 0.0909. The van der Waals surface area contributed by atoms with Gasteiger partial charge in [0.25, 0.3) is 5.91 Å². The Morgan fingerprint density at radius 3 is 2.62 bits per heavy atom. The maximum Gasteiger partial charge on any atom is 0.339 e. The summed E-state index contributed by atoms with van der Waals surface area (Å²) in [5.74, 6) is -0.213. The summed E-state index contributed by atoms with van der Waals surface area (Å²) in [6.45, 7) is 3.50. The molecule has 1 fully saturated rings. The molecule has 0 aliphatic carbocycles. The number of carbonyl (C=O) groups is 3. The molecule has 0 radical (unpaired) electrons. The number of benzene rings is 1. The number of nitrogens with one attached hydrogen (secondary N) is 2. The third kappa shape index (κ3) is 3.78. The van der Waals surface area contributed by atoms with E-state index in [1.165, 1.54) is 6.08 Å². The fourth-order valence-electron chi connectivity index (χ4n) is 2.32. The molecule has 0 saturated carbocycles. The van der Waals surface area contributed by atoms with E-state index in [1.54, 1.807) is 44.2 Å². The highest BCUT2D eigenvalue weighted by Gasteiger charge is 2.23. The molecule has 1 aromatic heterocycles. The summed E-state index contributed by atoms with van der Waals surface area (Å²) in [6, 6.07) is 7.60. The number of rotatable bonds is 4. The highest BCUT2D eigenvalue weighted by molar-refractivity contribution is 6.33. The van der Waals surface area contributed by atoms with Gasteiger partial charge in [0.05, 0.1) is 16.7 Å².